The fourth-order valence-electron chi connectivity index (χ4n) is 3.28. The van der Waals surface area contributed by atoms with Crippen molar-refractivity contribution in [3.05, 3.63) is 0 Å². The maximum absolute atomic E-state index is 9.51. The Morgan fingerprint density at radius 3 is 2.44 bits per heavy atom. The molecule has 2 rings (SSSR count). The molecule has 1 N–H and O–H groups in total. The van der Waals surface area contributed by atoms with Gasteiger partial charge in [-0.15, -0.1) is 0 Å². The first-order chi connectivity index (χ1) is 8.45. The largest absolute Gasteiger partial charge is 0.396 e. The van der Waals surface area contributed by atoms with E-state index in [0.717, 1.165) is 25.7 Å². The topological polar surface area (TPSA) is 32.7 Å². The third-order valence-electron chi connectivity index (χ3n) is 4.76. The Morgan fingerprint density at radius 2 is 1.94 bits per heavy atom. The molecule has 3 nitrogen and oxygen atoms in total. The van der Waals surface area contributed by atoms with Gasteiger partial charge in [-0.1, -0.05) is 20.8 Å². The van der Waals surface area contributed by atoms with E-state index in [1.807, 2.05) is 0 Å². The summed E-state index contributed by atoms with van der Waals surface area (Å²) >= 11 is 0. The number of nitrogens with zero attached hydrogens (tertiary/aromatic N) is 1. The second kappa shape index (κ2) is 5.48. The Morgan fingerprint density at radius 1 is 1.22 bits per heavy atom. The average molecular weight is 255 g/mol. The van der Waals surface area contributed by atoms with Crippen LogP contribution >= 0.6 is 0 Å². The van der Waals surface area contributed by atoms with Gasteiger partial charge in [0.1, 0.15) is 0 Å². The molecule has 2 aliphatic heterocycles. The Kier molecular flexibility index (Phi) is 4.35. The van der Waals surface area contributed by atoms with Gasteiger partial charge < -0.3 is 14.7 Å². The fraction of sp³-hybridized carbons (Fsp3) is 1.00. The molecule has 0 amide bonds. The minimum Gasteiger partial charge on any atom is -0.396 e. The maximum atomic E-state index is 9.51. The second-order valence-electron chi connectivity index (χ2n) is 7.42. The number of likely N-dealkylation sites (tertiary alicyclic amines) is 1. The van der Waals surface area contributed by atoms with E-state index in [0.29, 0.717) is 5.41 Å². The third-order valence-corrected chi connectivity index (χ3v) is 4.76. The molecule has 0 aliphatic carbocycles. The van der Waals surface area contributed by atoms with E-state index in [1.165, 1.54) is 32.4 Å². The zero-order chi connectivity index (χ0) is 13.2. The van der Waals surface area contributed by atoms with Crippen molar-refractivity contribution in [2.24, 2.45) is 16.7 Å². The van der Waals surface area contributed by atoms with Crippen molar-refractivity contribution in [2.45, 2.75) is 40.0 Å². The number of rotatable bonds is 3. The van der Waals surface area contributed by atoms with Crippen LogP contribution in [0.5, 0.6) is 0 Å². The maximum Gasteiger partial charge on any atom is 0.0579 e. The summed E-state index contributed by atoms with van der Waals surface area (Å²) in [6.07, 6.45) is 3.94. The summed E-state index contributed by atoms with van der Waals surface area (Å²) < 4.78 is 5.29. The highest BCUT2D eigenvalue weighted by Crippen LogP contribution is 2.35. The molecule has 106 valence electrons. The molecule has 1 unspecified atom stereocenters. The molecule has 18 heavy (non-hydrogen) atoms. The van der Waals surface area contributed by atoms with Crippen LogP contribution in [0, 0.1) is 16.7 Å². The number of ether oxygens (including phenoxy) is 1. The second-order valence-corrected chi connectivity index (χ2v) is 7.42. The lowest BCUT2D eigenvalue weighted by atomic mass is 9.77. The van der Waals surface area contributed by atoms with E-state index in [9.17, 15) is 5.11 Å². The van der Waals surface area contributed by atoms with Gasteiger partial charge in [-0.05, 0) is 43.7 Å². The van der Waals surface area contributed by atoms with E-state index in [1.54, 1.807) is 0 Å². The van der Waals surface area contributed by atoms with E-state index in [-0.39, 0.29) is 12.0 Å². The molecule has 1 atom stereocenters. The van der Waals surface area contributed by atoms with Crippen LogP contribution < -0.4 is 0 Å². The van der Waals surface area contributed by atoms with Crippen LogP contribution in [0.2, 0.25) is 0 Å². The minimum absolute atomic E-state index is 0.0432. The molecule has 0 aromatic rings. The lowest BCUT2D eigenvalue weighted by Gasteiger charge is -2.43. The average Bonchev–Trinajstić information content (AvgIpc) is 2.48. The highest BCUT2D eigenvalue weighted by atomic mass is 16.5. The normalized spacial score (nSPS) is 29.7. The highest BCUT2D eigenvalue weighted by molar-refractivity contribution is 4.89. The molecule has 0 aromatic heterocycles. The number of hydrogen-bond donors (Lipinski definition) is 1. The van der Waals surface area contributed by atoms with Crippen molar-refractivity contribution in [3.8, 4) is 0 Å². The lowest BCUT2D eigenvalue weighted by molar-refractivity contribution is -0.148. The standard InChI is InChI=1S/C15H29NO2/c1-14(2,3)13-5-4-7-16(8-6-13)9-15(10-17)11-18-12-15/h13,17H,4-12H2,1-3H3. The number of hydrogen-bond acceptors (Lipinski definition) is 3. The smallest absolute Gasteiger partial charge is 0.0579 e. The van der Waals surface area contributed by atoms with E-state index < -0.39 is 0 Å². The van der Waals surface area contributed by atoms with Crippen molar-refractivity contribution in [2.75, 3.05) is 39.5 Å². The van der Waals surface area contributed by atoms with Crippen LogP contribution in [0.1, 0.15) is 40.0 Å². The molecule has 0 radical (unpaired) electrons. The molecule has 0 bridgehead atoms. The van der Waals surface area contributed by atoms with Crippen molar-refractivity contribution >= 4 is 0 Å². The molecule has 0 aromatic carbocycles. The van der Waals surface area contributed by atoms with Crippen LogP contribution in [0.4, 0.5) is 0 Å². The fourth-order valence-corrected chi connectivity index (χ4v) is 3.28. The van der Waals surface area contributed by atoms with Crippen molar-refractivity contribution in [1.82, 2.24) is 4.90 Å². The van der Waals surface area contributed by atoms with Gasteiger partial charge in [-0.25, -0.2) is 0 Å². The zero-order valence-electron chi connectivity index (χ0n) is 12.2. The first-order valence-corrected chi connectivity index (χ1v) is 7.36. The summed E-state index contributed by atoms with van der Waals surface area (Å²) in [4.78, 5) is 2.55. The van der Waals surface area contributed by atoms with E-state index in [4.69, 9.17) is 4.74 Å². The van der Waals surface area contributed by atoms with Gasteiger partial charge in [-0.2, -0.15) is 0 Å². The molecular weight excluding hydrogens is 226 g/mol. The van der Waals surface area contributed by atoms with Crippen LogP contribution in [0.3, 0.4) is 0 Å². The Labute approximate surface area is 112 Å². The van der Waals surface area contributed by atoms with Gasteiger partial charge in [0.25, 0.3) is 0 Å². The van der Waals surface area contributed by atoms with Gasteiger partial charge in [-0.3, -0.25) is 0 Å². The summed E-state index contributed by atoms with van der Waals surface area (Å²) in [7, 11) is 0. The van der Waals surface area contributed by atoms with Gasteiger partial charge in [0.2, 0.25) is 0 Å². The predicted molar refractivity (Wildman–Crippen MR) is 73.6 cm³/mol. The van der Waals surface area contributed by atoms with Crippen LogP contribution in [-0.4, -0.2) is 49.5 Å². The summed E-state index contributed by atoms with van der Waals surface area (Å²) in [6, 6.07) is 0. The van der Waals surface area contributed by atoms with Crippen LogP contribution in [-0.2, 0) is 4.74 Å². The quantitative estimate of drug-likeness (QED) is 0.838. The predicted octanol–water partition coefficient (Wildman–Crippen LogP) is 2.14. The monoisotopic (exact) mass is 255 g/mol. The van der Waals surface area contributed by atoms with Crippen molar-refractivity contribution < 1.29 is 9.84 Å². The van der Waals surface area contributed by atoms with E-state index >= 15 is 0 Å². The van der Waals surface area contributed by atoms with Crippen molar-refractivity contribution in [1.29, 1.82) is 0 Å². The van der Waals surface area contributed by atoms with E-state index in [2.05, 4.69) is 25.7 Å². The Hall–Kier alpha value is -0.120. The van der Waals surface area contributed by atoms with Crippen molar-refractivity contribution in [3.63, 3.8) is 0 Å². The summed E-state index contributed by atoms with van der Waals surface area (Å²) in [5, 5.41) is 9.51. The van der Waals surface area contributed by atoms with Gasteiger partial charge >= 0.3 is 0 Å². The summed E-state index contributed by atoms with van der Waals surface area (Å²) in [5.41, 5.74) is 0.478. The Bertz CT molecular complexity index is 263. The molecule has 0 spiro atoms. The molecule has 0 saturated carbocycles. The van der Waals surface area contributed by atoms with Gasteiger partial charge in [0, 0.05) is 6.54 Å². The Balaban J connectivity index is 1.85. The molecule has 2 saturated heterocycles. The van der Waals surface area contributed by atoms with Crippen LogP contribution in [0.25, 0.3) is 0 Å². The number of aliphatic hydroxyl groups excluding tert-OH is 1. The molecule has 2 heterocycles. The lowest BCUT2D eigenvalue weighted by Crippen LogP contribution is -2.53. The van der Waals surface area contributed by atoms with Crippen LogP contribution in [0.15, 0.2) is 0 Å². The molecule has 2 fully saturated rings. The number of aliphatic hydroxyl groups is 1. The van der Waals surface area contributed by atoms with Gasteiger partial charge in [0.15, 0.2) is 0 Å². The molecule has 2 aliphatic rings. The highest BCUT2D eigenvalue weighted by Gasteiger charge is 2.40. The minimum atomic E-state index is 0.0432. The zero-order valence-corrected chi connectivity index (χ0v) is 12.2. The SMILES string of the molecule is CC(C)(C)C1CCCN(CC2(CO)COC2)CC1. The molecule has 3 heteroatoms. The molecular formula is C15H29NO2. The summed E-state index contributed by atoms with van der Waals surface area (Å²) in [5.74, 6) is 0.838. The van der Waals surface area contributed by atoms with Gasteiger partial charge in [0.05, 0.1) is 25.2 Å². The summed E-state index contributed by atoms with van der Waals surface area (Å²) in [6.45, 7) is 12.2. The first-order valence-electron chi connectivity index (χ1n) is 7.36. The third kappa shape index (κ3) is 3.25. The first kappa shape index (κ1) is 14.3.